The van der Waals surface area contributed by atoms with Gasteiger partial charge in [0, 0.05) is 35.9 Å². The number of phenols is 1. The van der Waals surface area contributed by atoms with E-state index < -0.39 is 0 Å². The zero-order chi connectivity index (χ0) is 35.4. The van der Waals surface area contributed by atoms with Crippen LogP contribution >= 0.6 is 0 Å². The van der Waals surface area contributed by atoms with E-state index in [2.05, 4.69) is 51.7 Å². The van der Waals surface area contributed by atoms with E-state index in [-0.39, 0.29) is 28.9 Å². The lowest BCUT2D eigenvalue weighted by Gasteiger charge is -2.30. The van der Waals surface area contributed by atoms with Gasteiger partial charge in [-0.25, -0.2) is 4.39 Å². The van der Waals surface area contributed by atoms with Gasteiger partial charge >= 0.3 is 6.01 Å². The van der Waals surface area contributed by atoms with E-state index in [0.717, 1.165) is 94.5 Å². The van der Waals surface area contributed by atoms with Gasteiger partial charge in [0.05, 0.1) is 35.5 Å². The first-order chi connectivity index (χ1) is 24.2. The molecule has 0 radical (unpaired) electrons. The summed E-state index contributed by atoms with van der Waals surface area (Å²) in [7, 11) is 0. The molecular weight excluding hydrogens is 627 g/mol. The Kier molecular flexibility index (Phi) is 11.3. The summed E-state index contributed by atoms with van der Waals surface area (Å²) in [5.41, 5.74) is 2.98. The highest BCUT2D eigenvalue weighted by molar-refractivity contribution is 6.03. The number of anilines is 1. The normalized spacial score (nSPS) is 19.1. The smallest absolute Gasteiger partial charge is 0.318 e. The molecule has 2 aliphatic heterocycles. The maximum atomic E-state index is 15.4. The summed E-state index contributed by atoms with van der Waals surface area (Å²) in [4.78, 5) is 17.9. The van der Waals surface area contributed by atoms with Crippen molar-refractivity contribution in [2.75, 3.05) is 37.8 Å². The van der Waals surface area contributed by atoms with Crippen molar-refractivity contribution >= 4 is 33.6 Å². The Morgan fingerprint density at radius 1 is 0.960 bits per heavy atom. The van der Waals surface area contributed by atoms with Crippen LogP contribution in [0.25, 0.3) is 38.9 Å². The largest absolute Gasteiger partial charge is 0.508 e. The maximum Gasteiger partial charge on any atom is 0.318 e. The molecule has 1 N–H and O–H groups in total. The molecule has 0 saturated carbocycles. The summed E-state index contributed by atoms with van der Waals surface area (Å²) in [6.07, 6.45) is 11.8. The Labute approximate surface area is 296 Å². The van der Waals surface area contributed by atoms with Crippen LogP contribution in [0, 0.1) is 17.2 Å². The molecule has 2 aliphatic rings. The van der Waals surface area contributed by atoms with Gasteiger partial charge in [0.15, 0.2) is 0 Å². The molecule has 0 spiro atoms. The van der Waals surface area contributed by atoms with Crippen molar-refractivity contribution in [3.63, 3.8) is 0 Å². The van der Waals surface area contributed by atoms with Crippen molar-refractivity contribution in [3.05, 3.63) is 52.3 Å². The first-order valence-corrected chi connectivity index (χ1v) is 19.0. The third-order valence-electron chi connectivity index (χ3n) is 10.9. The minimum absolute atomic E-state index is 0.0282. The van der Waals surface area contributed by atoms with Gasteiger partial charge in [-0.15, -0.1) is 0 Å². The standard InChI is InChI=1S/C42H55FN4O3/c1-7-10-12-17-42(6,16-11-8-2)26-50-41-45-36-25-33(32-24-30(48)23-29-14-15-35(43)31(9-3)37(29)32)39-34(22-27(4)28(5)44-39)38(36)40(46-41)47-18-13-20-49-21-19-47/h14-15,22-25,27-28,48H,7-13,16-21,26H2,1-6H3. The summed E-state index contributed by atoms with van der Waals surface area (Å²) in [6.45, 7) is 16.5. The van der Waals surface area contributed by atoms with Crippen LogP contribution in [-0.2, 0) is 11.2 Å². The number of phenolic OH excluding ortho intramolecular Hbond substituents is 1. The van der Waals surface area contributed by atoms with Crippen LogP contribution in [0.2, 0.25) is 0 Å². The third-order valence-corrected chi connectivity index (χ3v) is 10.9. The number of nitrogens with zero attached hydrogens (tertiary/aromatic N) is 4. The number of aromatic hydroxyl groups is 1. The van der Waals surface area contributed by atoms with Gasteiger partial charge in [0.25, 0.3) is 0 Å². The Morgan fingerprint density at radius 2 is 1.76 bits per heavy atom. The molecule has 3 heterocycles. The molecule has 0 bridgehead atoms. The molecule has 1 aromatic heterocycles. The number of halogens is 1. The second-order valence-corrected chi connectivity index (χ2v) is 14.9. The molecule has 8 heteroatoms. The van der Waals surface area contributed by atoms with E-state index in [1.165, 1.54) is 25.3 Å². The molecule has 7 nitrogen and oxygen atoms in total. The number of aromatic nitrogens is 2. The minimum Gasteiger partial charge on any atom is -0.508 e. The van der Waals surface area contributed by atoms with Crippen LogP contribution in [0.5, 0.6) is 11.8 Å². The van der Waals surface area contributed by atoms with Gasteiger partial charge in [-0.1, -0.05) is 78.9 Å². The zero-order valence-corrected chi connectivity index (χ0v) is 30.9. The van der Waals surface area contributed by atoms with Crippen LogP contribution in [0.1, 0.15) is 98.5 Å². The molecule has 3 unspecified atom stereocenters. The van der Waals surface area contributed by atoms with Crippen molar-refractivity contribution in [1.29, 1.82) is 0 Å². The quantitative estimate of drug-likeness (QED) is 0.142. The second-order valence-electron chi connectivity index (χ2n) is 14.9. The zero-order valence-electron chi connectivity index (χ0n) is 30.9. The van der Waals surface area contributed by atoms with E-state index in [9.17, 15) is 5.11 Å². The summed E-state index contributed by atoms with van der Waals surface area (Å²) >= 11 is 0. The second kappa shape index (κ2) is 15.6. The molecule has 268 valence electrons. The van der Waals surface area contributed by atoms with Crippen LogP contribution in [-0.4, -0.2) is 54.0 Å². The number of ether oxygens (including phenoxy) is 2. The topological polar surface area (TPSA) is 80.1 Å². The number of rotatable bonds is 13. The lowest BCUT2D eigenvalue weighted by molar-refractivity contribution is 0.126. The number of hydrogen-bond donors (Lipinski definition) is 1. The lowest BCUT2D eigenvalue weighted by Crippen LogP contribution is -2.38. The first kappa shape index (κ1) is 36.0. The predicted molar refractivity (Wildman–Crippen MR) is 202 cm³/mol. The molecule has 0 amide bonds. The van der Waals surface area contributed by atoms with Crippen LogP contribution in [0.15, 0.2) is 35.3 Å². The maximum absolute atomic E-state index is 15.4. The average molecular weight is 683 g/mol. The summed E-state index contributed by atoms with van der Waals surface area (Å²) < 4.78 is 27.9. The fourth-order valence-corrected chi connectivity index (χ4v) is 7.73. The highest BCUT2D eigenvalue weighted by atomic mass is 19.1. The van der Waals surface area contributed by atoms with Crippen LogP contribution in [0.4, 0.5) is 10.2 Å². The summed E-state index contributed by atoms with van der Waals surface area (Å²) in [5.74, 6) is 0.904. The monoisotopic (exact) mass is 682 g/mol. The molecule has 0 aliphatic carbocycles. The molecule has 3 atom stereocenters. The summed E-state index contributed by atoms with van der Waals surface area (Å²) in [6, 6.07) is 9.18. The molecule has 1 fully saturated rings. The fraction of sp³-hybridized carbons (Fsp3) is 0.548. The molecule has 50 heavy (non-hydrogen) atoms. The van der Waals surface area contributed by atoms with Crippen molar-refractivity contribution in [1.82, 2.24) is 9.97 Å². The van der Waals surface area contributed by atoms with Crippen molar-refractivity contribution in [2.45, 2.75) is 105 Å². The third kappa shape index (κ3) is 7.46. The van der Waals surface area contributed by atoms with Gasteiger partial charge in [0.2, 0.25) is 0 Å². The van der Waals surface area contributed by atoms with Gasteiger partial charge in [0.1, 0.15) is 17.4 Å². The van der Waals surface area contributed by atoms with E-state index in [1.807, 2.05) is 6.92 Å². The van der Waals surface area contributed by atoms with Crippen LogP contribution in [0.3, 0.4) is 0 Å². The van der Waals surface area contributed by atoms with Gasteiger partial charge in [-0.2, -0.15) is 9.97 Å². The van der Waals surface area contributed by atoms with E-state index in [0.29, 0.717) is 37.8 Å². The van der Waals surface area contributed by atoms with E-state index in [4.69, 9.17) is 24.4 Å². The summed E-state index contributed by atoms with van der Waals surface area (Å²) in [5, 5.41) is 15.3. The molecular formula is C42H55FN4O3. The number of hydrogen-bond acceptors (Lipinski definition) is 7. The van der Waals surface area contributed by atoms with Crippen molar-refractivity contribution < 1.29 is 19.0 Å². The Hall–Kier alpha value is -3.78. The van der Waals surface area contributed by atoms with E-state index >= 15 is 4.39 Å². The van der Waals surface area contributed by atoms with Gasteiger partial charge in [-0.05, 0) is 84.7 Å². The number of unbranched alkanes of at least 4 members (excludes halogenated alkanes) is 3. The lowest BCUT2D eigenvalue weighted by atomic mass is 9.81. The van der Waals surface area contributed by atoms with Crippen molar-refractivity contribution in [2.24, 2.45) is 16.3 Å². The number of benzene rings is 3. The number of aryl methyl sites for hydroxylation is 1. The highest BCUT2D eigenvalue weighted by Gasteiger charge is 2.28. The predicted octanol–water partition coefficient (Wildman–Crippen LogP) is 8.68. The fourth-order valence-electron chi connectivity index (χ4n) is 7.73. The SMILES string of the molecule is CCCCCC(C)(CCCC)COc1nc(N2CCCOCC2)c2c3c(c(-c4cc(O)cc5ccc(F)c(CC)c45)cc2n1)=NC(C)C(C)C=3. The molecule has 1 saturated heterocycles. The minimum atomic E-state index is -0.249. The van der Waals surface area contributed by atoms with Crippen LogP contribution < -0.4 is 20.2 Å². The number of fused-ring (bicyclic) bond motifs is 4. The Balaban J connectivity index is 1.61. The molecule has 4 aromatic rings. The molecule has 3 aromatic carbocycles. The van der Waals surface area contributed by atoms with Gasteiger partial charge in [-0.3, -0.25) is 4.99 Å². The van der Waals surface area contributed by atoms with Crippen molar-refractivity contribution in [3.8, 4) is 22.9 Å². The molecule has 6 rings (SSSR count). The van der Waals surface area contributed by atoms with Gasteiger partial charge < -0.3 is 19.5 Å². The first-order valence-electron chi connectivity index (χ1n) is 19.0. The average Bonchev–Trinajstić information content (AvgIpc) is 3.40. The highest BCUT2D eigenvalue weighted by Crippen LogP contribution is 2.37. The Morgan fingerprint density at radius 3 is 2.54 bits per heavy atom. The Bertz CT molecular complexity index is 1960. The van der Waals surface area contributed by atoms with E-state index in [1.54, 1.807) is 18.2 Å².